The lowest BCUT2D eigenvalue weighted by atomic mass is 10.3. The van der Waals surface area contributed by atoms with Gasteiger partial charge in [-0.15, -0.1) is 5.10 Å². The van der Waals surface area contributed by atoms with Crippen LogP contribution >= 0.6 is 0 Å². The fourth-order valence-corrected chi connectivity index (χ4v) is 2.03. The van der Waals surface area contributed by atoms with Crippen LogP contribution < -0.4 is 10.1 Å². The molecule has 0 amide bonds. The summed E-state index contributed by atoms with van der Waals surface area (Å²) in [6.45, 7) is 4.29. The zero-order valence-corrected chi connectivity index (χ0v) is 11.8. The Balaban J connectivity index is 1.94. The standard InChI is InChI=1S/C15H15FN4O/c1-3-21-13-8-11(16)5-6-12(13)17-15-18-14-7-4-10(2)9-20(14)19-15/h4-9H,3H2,1-2H3,(H,17,19). The lowest BCUT2D eigenvalue weighted by Gasteiger charge is -2.09. The van der Waals surface area contributed by atoms with Crippen molar-refractivity contribution in [3.63, 3.8) is 0 Å². The number of pyridine rings is 1. The van der Waals surface area contributed by atoms with Crippen molar-refractivity contribution in [2.45, 2.75) is 13.8 Å². The van der Waals surface area contributed by atoms with E-state index < -0.39 is 0 Å². The van der Waals surface area contributed by atoms with Crippen molar-refractivity contribution >= 4 is 17.3 Å². The van der Waals surface area contributed by atoms with Crippen molar-refractivity contribution in [2.24, 2.45) is 0 Å². The molecule has 0 unspecified atom stereocenters. The monoisotopic (exact) mass is 286 g/mol. The Kier molecular flexibility index (Phi) is 3.43. The number of hydrogen-bond acceptors (Lipinski definition) is 4. The molecular weight excluding hydrogens is 271 g/mol. The third kappa shape index (κ3) is 2.79. The van der Waals surface area contributed by atoms with Gasteiger partial charge in [0.15, 0.2) is 5.65 Å². The number of ether oxygens (including phenoxy) is 1. The molecule has 0 aliphatic heterocycles. The minimum Gasteiger partial charge on any atom is -0.492 e. The van der Waals surface area contributed by atoms with Crippen LogP contribution in [0.2, 0.25) is 0 Å². The molecule has 0 bridgehead atoms. The first-order chi connectivity index (χ1) is 10.2. The summed E-state index contributed by atoms with van der Waals surface area (Å²) in [6.07, 6.45) is 1.89. The van der Waals surface area contributed by atoms with Gasteiger partial charge in [-0.2, -0.15) is 4.98 Å². The molecule has 5 nitrogen and oxygen atoms in total. The SMILES string of the molecule is CCOc1cc(F)ccc1Nc1nc2ccc(C)cn2n1. The molecule has 108 valence electrons. The molecule has 0 aliphatic rings. The van der Waals surface area contributed by atoms with E-state index in [4.69, 9.17) is 4.74 Å². The van der Waals surface area contributed by atoms with Crippen molar-refractivity contribution in [3.05, 3.63) is 47.9 Å². The first-order valence-corrected chi connectivity index (χ1v) is 6.68. The Morgan fingerprint density at radius 2 is 2.14 bits per heavy atom. The fraction of sp³-hybridized carbons (Fsp3) is 0.200. The second-order valence-electron chi connectivity index (χ2n) is 4.64. The lowest BCUT2D eigenvalue weighted by molar-refractivity contribution is 0.340. The molecule has 0 aliphatic carbocycles. The summed E-state index contributed by atoms with van der Waals surface area (Å²) in [7, 11) is 0. The highest BCUT2D eigenvalue weighted by atomic mass is 19.1. The van der Waals surface area contributed by atoms with Gasteiger partial charge in [0.1, 0.15) is 11.6 Å². The van der Waals surface area contributed by atoms with E-state index in [0.29, 0.717) is 24.0 Å². The number of halogens is 1. The third-order valence-corrected chi connectivity index (χ3v) is 2.97. The van der Waals surface area contributed by atoms with Gasteiger partial charge >= 0.3 is 0 Å². The smallest absolute Gasteiger partial charge is 0.247 e. The predicted molar refractivity (Wildman–Crippen MR) is 78.6 cm³/mol. The van der Waals surface area contributed by atoms with Gasteiger partial charge in [-0.1, -0.05) is 6.07 Å². The maximum Gasteiger partial charge on any atom is 0.247 e. The number of aryl methyl sites for hydroxylation is 1. The number of benzene rings is 1. The number of rotatable bonds is 4. The van der Waals surface area contributed by atoms with E-state index in [1.807, 2.05) is 32.2 Å². The van der Waals surface area contributed by atoms with Crippen molar-refractivity contribution in [3.8, 4) is 5.75 Å². The van der Waals surface area contributed by atoms with E-state index in [1.165, 1.54) is 12.1 Å². The second kappa shape index (κ2) is 5.40. The highest BCUT2D eigenvalue weighted by Crippen LogP contribution is 2.27. The first kappa shape index (κ1) is 13.4. The largest absolute Gasteiger partial charge is 0.492 e. The maximum absolute atomic E-state index is 13.3. The molecule has 2 aromatic heterocycles. The number of aromatic nitrogens is 3. The molecule has 3 aromatic rings. The molecule has 0 atom stereocenters. The Labute approximate surface area is 121 Å². The number of anilines is 2. The molecule has 1 aromatic carbocycles. The van der Waals surface area contributed by atoms with Gasteiger partial charge < -0.3 is 10.1 Å². The van der Waals surface area contributed by atoms with Crippen LogP contribution in [0.4, 0.5) is 16.0 Å². The van der Waals surface area contributed by atoms with Crippen LogP contribution in [0.1, 0.15) is 12.5 Å². The molecule has 21 heavy (non-hydrogen) atoms. The van der Waals surface area contributed by atoms with E-state index in [2.05, 4.69) is 15.4 Å². The molecule has 0 saturated heterocycles. The van der Waals surface area contributed by atoms with Gasteiger partial charge in [-0.25, -0.2) is 8.91 Å². The minimum atomic E-state index is -0.345. The molecule has 6 heteroatoms. The molecule has 0 spiro atoms. The van der Waals surface area contributed by atoms with E-state index >= 15 is 0 Å². The molecule has 0 fully saturated rings. The Morgan fingerprint density at radius 1 is 1.29 bits per heavy atom. The van der Waals surface area contributed by atoms with Crippen molar-refractivity contribution in [2.75, 3.05) is 11.9 Å². The third-order valence-electron chi connectivity index (χ3n) is 2.97. The van der Waals surface area contributed by atoms with Crippen LogP contribution in [-0.2, 0) is 0 Å². The summed E-state index contributed by atoms with van der Waals surface area (Å²) in [6, 6.07) is 8.17. The Bertz CT molecular complexity index is 784. The topological polar surface area (TPSA) is 51.5 Å². The van der Waals surface area contributed by atoms with E-state index in [9.17, 15) is 4.39 Å². The summed E-state index contributed by atoms with van der Waals surface area (Å²) < 4.78 is 20.4. The zero-order valence-electron chi connectivity index (χ0n) is 11.8. The summed E-state index contributed by atoms with van der Waals surface area (Å²) in [5, 5.41) is 7.40. The Morgan fingerprint density at radius 3 is 2.95 bits per heavy atom. The molecule has 1 N–H and O–H groups in total. The molecule has 0 saturated carbocycles. The molecular formula is C15H15FN4O. The zero-order chi connectivity index (χ0) is 14.8. The number of fused-ring (bicyclic) bond motifs is 1. The normalized spacial score (nSPS) is 10.8. The predicted octanol–water partition coefficient (Wildman–Crippen LogP) is 3.32. The summed E-state index contributed by atoms with van der Waals surface area (Å²) in [4.78, 5) is 4.36. The maximum atomic E-state index is 13.3. The van der Waals surface area contributed by atoms with Gasteiger partial charge in [0.2, 0.25) is 5.95 Å². The molecule has 2 heterocycles. The first-order valence-electron chi connectivity index (χ1n) is 6.68. The summed E-state index contributed by atoms with van der Waals surface area (Å²) in [5.41, 5.74) is 2.46. The van der Waals surface area contributed by atoms with Crippen LogP contribution in [0.15, 0.2) is 36.5 Å². The number of hydrogen-bond donors (Lipinski definition) is 1. The van der Waals surface area contributed by atoms with Gasteiger partial charge in [0, 0.05) is 12.3 Å². The van der Waals surface area contributed by atoms with Crippen molar-refractivity contribution < 1.29 is 9.13 Å². The van der Waals surface area contributed by atoms with Crippen molar-refractivity contribution in [1.29, 1.82) is 0 Å². The van der Waals surface area contributed by atoms with E-state index in [1.54, 1.807) is 10.6 Å². The van der Waals surface area contributed by atoms with E-state index in [-0.39, 0.29) is 5.82 Å². The highest BCUT2D eigenvalue weighted by Gasteiger charge is 2.09. The number of nitrogens with zero attached hydrogens (tertiary/aromatic N) is 3. The average molecular weight is 286 g/mol. The van der Waals surface area contributed by atoms with Crippen LogP contribution in [0.3, 0.4) is 0 Å². The Hall–Kier alpha value is -2.63. The number of nitrogens with one attached hydrogen (secondary N) is 1. The van der Waals surface area contributed by atoms with E-state index in [0.717, 1.165) is 11.2 Å². The minimum absolute atomic E-state index is 0.345. The van der Waals surface area contributed by atoms with Gasteiger partial charge in [0.05, 0.1) is 12.3 Å². The molecule has 0 radical (unpaired) electrons. The van der Waals surface area contributed by atoms with Crippen LogP contribution in [0, 0.1) is 12.7 Å². The van der Waals surface area contributed by atoms with Gasteiger partial charge in [-0.05, 0) is 37.6 Å². The quantitative estimate of drug-likeness (QED) is 0.799. The van der Waals surface area contributed by atoms with Crippen LogP contribution in [0.25, 0.3) is 5.65 Å². The van der Waals surface area contributed by atoms with Gasteiger partial charge in [-0.3, -0.25) is 0 Å². The lowest BCUT2D eigenvalue weighted by Crippen LogP contribution is -1.99. The fourth-order valence-electron chi connectivity index (χ4n) is 2.03. The van der Waals surface area contributed by atoms with Gasteiger partial charge in [0.25, 0.3) is 0 Å². The summed E-state index contributed by atoms with van der Waals surface area (Å²) >= 11 is 0. The highest BCUT2D eigenvalue weighted by molar-refractivity contribution is 5.63. The summed E-state index contributed by atoms with van der Waals surface area (Å²) in [5.74, 6) is 0.531. The second-order valence-corrected chi connectivity index (χ2v) is 4.64. The average Bonchev–Trinajstić information content (AvgIpc) is 2.83. The molecule has 3 rings (SSSR count). The van der Waals surface area contributed by atoms with Crippen LogP contribution in [-0.4, -0.2) is 21.2 Å². The van der Waals surface area contributed by atoms with Crippen LogP contribution in [0.5, 0.6) is 5.75 Å². The van der Waals surface area contributed by atoms with Crippen molar-refractivity contribution in [1.82, 2.24) is 14.6 Å².